The van der Waals surface area contributed by atoms with E-state index < -0.39 is 12.0 Å². The third-order valence-electron chi connectivity index (χ3n) is 5.27. The lowest BCUT2D eigenvalue weighted by Gasteiger charge is -2.31. The average molecular weight is 392 g/mol. The molecule has 2 aliphatic heterocycles. The quantitative estimate of drug-likeness (QED) is 0.725. The van der Waals surface area contributed by atoms with E-state index in [1.165, 1.54) is 0 Å². The van der Waals surface area contributed by atoms with Crippen molar-refractivity contribution in [3.8, 4) is 0 Å². The van der Waals surface area contributed by atoms with E-state index >= 15 is 0 Å². The molecule has 2 heterocycles. The van der Waals surface area contributed by atoms with Crippen LogP contribution in [0, 0.1) is 0 Å². The number of benzene rings is 2. The SMILES string of the molecule is O=C(O)CC[C@@H]1N=C(c2ccccc2)c2cccc(N3CCNCC3)c2NC1=O. The molecule has 7 heteroatoms. The number of hydrogen-bond acceptors (Lipinski definition) is 5. The summed E-state index contributed by atoms with van der Waals surface area (Å²) in [5.74, 6) is -1.20. The second kappa shape index (κ2) is 8.45. The predicted molar refractivity (Wildman–Crippen MR) is 113 cm³/mol. The van der Waals surface area contributed by atoms with Crippen LogP contribution >= 0.6 is 0 Å². The second-order valence-corrected chi connectivity index (χ2v) is 7.22. The van der Waals surface area contributed by atoms with Gasteiger partial charge >= 0.3 is 5.97 Å². The maximum atomic E-state index is 13.0. The summed E-state index contributed by atoms with van der Waals surface area (Å²) < 4.78 is 0. The van der Waals surface area contributed by atoms with Crippen LogP contribution in [0.3, 0.4) is 0 Å². The van der Waals surface area contributed by atoms with Crippen molar-refractivity contribution in [2.24, 2.45) is 4.99 Å². The van der Waals surface area contributed by atoms with Crippen LogP contribution in [0.2, 0.25) is 0 Å². The molecule has 1 saturated heterocycles. The molecule has 2 aromatic carbocycles. The zero-order chi connectivity index (χ0) is 20.2. The number of anilines is 2. The number of fused-ring (bicyclic) bond motifs is 1. The van der Waals surface area contributed by atoms with Crippen LogP contribution in [0.5, 0.6) is 0 Å². The standard InChI is InChI=1S/C22H24N4O3/c27-19(28)10-9-17-22(29)25-21-16(20(24-17)15-5-2-1-3-6-15)7-4-8-18(21)26-13-11-23-12-14-26/h1-8,17,23H,9-14H2,(H,25,29)(H,27,28)/t17-/m0/s1. The first kappa shape index (κ1) is 19.1. The van der Waals surface area contributed by atoms with Crippen molar-refractivity contribution in [3.63, 3.8) is 0 Å². The minimum absolute atomic E-state index is 0.106. The lowest BCUT2D eigenvalue weighted by Crippen LogP contribution is -2.44. The summed E-state index contributed by atoms with van der Waals surface area (Å²) in [6.07, 6.45) is 0.0547. The smallest absolute Gasteiger partial charge is 0.303 e. The van der Waals surface area contributed by atoms with Crippen molar-refractivity contribution < 1.29 is 14.7 Å². The number of nitrogens with one attached hydrogen (secondary N) is 2. The molecule has 0 spiro atoms. The number of carbonyl (C=O) groups excluding carboxylic acids is 1. The molecule has 0 bridgehead atoms. The Morgan fingerprint density at radius 1 is 1.10 bits per heavy atom. The van der Waals surface area contributed by atoms with Gasteiger partial charge in [-0.25, -0.2) is 0 Å². The molecule has 3 N–H and O–H groups in total. The molecule has 0 radical (unpaired) electrons. The summed E-state index contributed by atoms with van der Waals surface area (Å²) in [7, 11) is 0. The number of para-hydroxylation sites is 1. The van der Waals surface area contributed by atoms with Crippen LogP contribution in [0.1, 0.15) is 24.0 Å². The molecule has 4 rings (SSSR count). The first-order chi connectivity index (χ1) is 14.1. The Bertz CT molecular complexity index is 936. The normalized spacial score (nSPS) is 19.0. The Hall–Kier alpha value is -3.19. The van der Waals surface area contributed by atoms with Crippen molar-refractivity contribution >= 4 is 29.0 Å². The lowest BCUT2D eigenvalue weighted by atomic mass is 9.99. The van der Waals surface area contributed by atoms with Gasteiger partial charge in [-0.3, -0.25) is 14.6 Å². The van der Waals surface area contributed by atoms with Gasteiger partial charge in [0.1, 0.15) is 6.04 Å². The third-order valence-corrected chi connectivity index (χ3v) is 5.27. The van der Waals surface area contributed by atoms with Gasteiger partial charge in [-0.15, -0.1) is 0 Å². The number of benzodiazepines with no additional fused rings is 1. The number of nitrogens with zero attached hydrogens (tertiary/aromatic N) is 2. The van der Waals surface area contributed by atoms with Gasteiger partial charge < -0.3 is 20.6 Å². The molecule has 1 amide bonds. The molecule has 0 saturated carbocycles. The van der Waals surface area contributed by atoms with Crippen molar-refractivity contribution in [1.29, 1.82) is 0 Å². The van der Waals surface area contributed by atoms with Gasteiger partial charge in [-0.05, 0) is 12.5 Å². The van der Waals surface area contributed by atoms with Crippen molar-refractivity contribution in [2.75, 3.05) is 36.4 Å². The number of piperazine rings is 1. The third kappa shape index (κ3) is 4.14. The first-order valence-electron chi connectivity index (χ1n) is 9.88. The molecule has 2 aromatic rings. The van der Waals surface area contributed by atoms with E-state index in [9.17, 15) is 9.59 Å². The number of hydrogen-bond donors (Lipinski definition) is 3. The predicted octanol–water partition coefficient (Wildman–Crippen LogP) is 2.12. The molecular formula is C22H24N4O3. The lowest BCUT2D eigenvalue weighted by molar-refractivity contribution is -0.137. The highest BCUT2D eigenvalue weighted by Gasteiger charge is 2.29. The van der Waals surface area contributed by atoms with Crippen LogP contribution in [-0.2, 0) is 9.59 Å². The molecule has 1 fully saturated rings. The van der Waals surface area contributed by atoms with Gasteiger partial charge in [0.25, 0.3) is 0 Å². The van der Waals surface area contributed by atoms with Crippen LogP contribution in [-0.4, -0.2) is 54.9 Å². The highest BCUT2D eigenvalue weighted by atomic mass is 16.4. The van der Waals surface area contributed by atoms with E-state index in [1.807, 2.05) is 48.5 Å². The molecule has 1 atom stereocenters. The highest BCUT2D eigenvalue weighted by Crippen LogP contribution is 2.34. The van der Waals surface area contributed by atoms with Crippen molar-refractivity contribution in [2.45, 2.75) is 18.9 Å². The molecule has 0 aromatic heterocycles. The summed E-state index contributed by atoms with van der Waals surface area (Å²) >= 11 is 0. The number of aliphatic imine (C=N–C) groups is 1. The molecule has 2 aliphatic rings. The summed E-state index contributed by atoms with van der Waals surface area (Å²) in [5, 5.41) is 15.5. The summed E-state index contributed by atoms with van der Waals surface area (Å²) in [6, 6.07) is 15.0. The van der Waals surface area contributed by atoms with Gasteiger partial charge in [0, 0.05) is 43.7 Å². The van der Waals surface area contributed by atoms with Gasteiger partial charge in [0.05, 0.1) is 17.1 Å². The fourth-order valence-electron chi connectivity index (χ4n) is 3.81. The average Bonchev–Trinajstić information content (AvgIpc) is 2.89. The molecule has 29 heavy (non-hydrogen) atoms. The molecule has 7 nitrogen and oxygen atoms in total. The molecule has 0 aliphatic carbocycles. The fourth-order valence-corrected chi connectivity index (χ4v) is 3.81. The van der Waals surface area contributed by atoms with Crippen LogP contribution in [0.15, 0.2) is 53.5 Å². The van der Waals surface area contributed by atoms with Crippen molar-refractivity contribution in [3.05, 3.63) is 59.7 Å². The van der Waals surface area contributed by atoms with Crippen molar-refractivity contribution in [1.82, 2.24) is 5.32 Å². The van der Waals surface area contributed by atoms with E-state index in [1.54, 1.807) is 0 Å². The summed E-state index contributed by atoms with van der Waals surface area (Å²) in [4.78, 5) is 31.0. The number of carboxylic acids is 1. The number of rotatable bonds is 5. The largest absolute Gasteiger partial charge is 0.481 e. The zero-order valence-corrected chi connectivity index (χ0v) is 16.1. The van der Waals surface area contributed by atoms with Gasteiger partial charge in [-0.1, -0.05) is 42.5 Å². The number of aliphatic carboxylic acids is 1. The van der Waals surface area contributed by atoms with E-state index in [2.05, 4.69) is 15.5 Å². The van der Waals surface area contributed by atoms with E-state index in [0.29, 0.717) is 5.71 Å². The Kier molecular flexibility index (Phi) is 5.57. The number of carboxylic acid groups (broad SMARTS) is 1. The fraction of sp³-hybridized carbons (Fsp3) is 0.318. The minimum Gasteiger partial charge on any atom is -0.481 e. The molecular weight excluding hydrogens is 368 g/mol. The Labute approximate surface area is 169 Å². The summed E-state index contributed by atoms with van der Waals surface area (Å²) in [5.41, 5.74) is 4.20. The molecule has 0 unspecified atom stereocenters. The Morgan fingerprint density at radius 2 is 1.86 bits per heavy atom. The maximum absolute atomic E-state index is 13.0. The topological polar surface area (TPSA) is 94.0 Å². The van der Waals surface area contributed by atoms with Gasteiger partial charge in [0.2, 0.25) is 5.91 Å². The van der Waals surface area contributed by atoms with E-state index in [0.717, 1.165) is 48.7 Å². The van der Waals surface area contributed by atoms with Gasteiger partial charge in [0.15, 0.2) is 0 Å². The monoisotopic (exact) mass is 392 g/mol. The Morgan fingerprint density at radius 3 is 2.59 bits per heavy atom. The van der Waals surface area contributed by atoms with E-state index in [-0.39, 0.29) is 18.7 Å². The summed E-state index contributed by atoms with van der Waals surface area (Å²) in [6.45, 7) is 3.48. The maximum Gasteiger partial charge on any atom is 0.303 e. The zero-order valence-electron chi connectivity index (χ0n) is 16.1. The van der Waals surface area contributed by atoms with Crippen LogP contribution in [0.25, 0.3) is 0 Å². The molecule has 150 valence electrons. The number of carbonyl (C=O) groups is 2. The Balaban J connectivity index is 1.81. The van der Waals surface area contributed by atoms with Gasteiger partial charge in [-0.2, -0.15) is 0 Å². The number of amides is 1. The highest BCUT2D eigenvalue weighted by molar-refractivity contribution is 6.21. The minimum atomic E-state index is -0.933. The first-order valence-corrected chi connectivity index (χ1v) is 9.88. The van der Waals surface area contributed by atoms with Crippen LogP contribution < -0.4 is 15.5 Å². The second-order valence-electron chi connectivity index (χ2n) is 7.22. The van der Waals surface area contributed by atoms with E-state index in [4.69, 9.17) is 10.1 Å². The van der Waals surface area contributed by atoms with Crippen LogP contribution in [0.4, 0.5) is 11.4 Å².